The van der Waals surface area contributed by atoms with Gasteiger partial charge in [0.15, 0.2) is 0 Å². The molecule has 22 heavy (non-hydrogen) atoms. The van der Waals surface area contributed by atoms with Crippen molar-refractivity contribution in [2.75, 3.05) is 13.7 Å². The van der Waals surface area contributed by atoms with Gasteiger partial charge in [-0.15, -0.1) is 5.92 Å². The Balaban J connectivity index is 2.36. The van der Waals surface area contributed by atoms with Crippen LogP contribution < -0.4 is 4.74 Å². The zero-order valence-corrected chi connectivity index (χ0v) is 13.7. The van der Waals surface area contributed by atoms with Crippen molar-refractivity contribution in [1.29, 1.82) is 0 Å². The van der Waals surface area contributed by atoms with Gasteiger partial charge in [-0.05, 0) is 13.3 Å². The van der Waals surface area contributed by atoms with Gasteiger partial charge in [-0.3, -0.25) is 4.79 Å². The predicted molar refractivity (Wildman–Crippen MR) is 83.4 cm³/mol. The predicted octanol–water partition coefficient (Wildman–Crippen LogP) is 3.33. The Labute approximate surface area is 136 Å². The van der Waals surface area contributed by atoms with Gasteiger partial charge in [0.2, 0.25) is 5.91 Å². The average Bonchev–Trinajstić information content (AvgIpc) is 2.47. The summed E-state index contributed by atoms with van der Waals surface area (Å²) in [6.45, 7) is 1.70. The van der Waals surface area contributed by atoms with E-state index in [4.69, 9.17) is 4.74 Å². The molecule has 0 fully saturated rings. The normalized spacial score (nSPS) is 17.7. The third kappa shape index (κ3) is 3.30. The minimum absolute atomic E-state index is 0.0566. The van der Waals surface area contributed by atoms with Crippen LogP contribution >= 0.6 is 15.9 Å². The summed E-state index contributed by atoms with van der Waals surface area (Å²) in [5, 5.41) is 0. The summed E-state index contributed by atoms with van der Waals surface area (Å²) in [7, 11) is 1.49. The highest BCUT2D eigenvalue weighted by Gasteiger charge is 2.29. The average molecular weight is 370 g/mol. The fraction of sp³-hybridized carbons (Fsp3) is 0.312. The van der Waals surface area contributed by atoms with Crippen LogP contribution in [0.4, 0.5) is 8.78 Å². The number of ether oxygens (including phenoxy) is 1. The van der Waals surface area contributed by atoms with Crippen molar-refractivity contribution in [2.45, 2.75) is 18.2 Å². The molecule has 1 unspecified atom stereocenters. The van der Waals surface area contributed by atoms with E-state index >= 15 is 0 Å². The Bertz CT molecular complexity index is 668. The number of carbonyl (C=O) groups excluding carboxylic acids is 1. The van der Waals surface area contributed by atoms with E-state index in [-0.39, 0.29) is 34.4 Å². The summed E-state index contributed by atoms with van der Waals surface area (Å²) in [5.41, 5.74) is -0.0141. The highest BCUT2D eigenvalue weighted by Crippen LogP contribution is 2.32. The van der Waals surface area contributed by atoms with Gasteiger partial charge in [0.25, 0.3) is 0 Å². The molecule has 0 aliphatic carbocycles. The number of hydrogen-bond donors (Lipinski definition) is 0. The number of carbonyl (C=O) groups is 1. The van der Waals surface area contributed by atoms with E-state index in [9.17, 15) is 13.6 Å². The van der Waals surface area contributed by atoms with E-state index < -0.39 is 11.6 Å². The summed E-state index contributed by atoms with van der Waals surface area (Å²) in [6.07, 6.45) is 2.01. The van der Waals surface area contributed by atoms with Gasteiger partial charge in [-0.2, -0.15) is 0 Å². The fourth-order valence-corrected chi connectivity index (χ4v) is 2.61. The van der Waals surface area contributed by atoms with Crippen LogP contribution in [0.25, 0.3) is 5.70 Å². The number of hydrogen-bond acceptors (Lipinski definition) is 2. The van der Waals surface area contributed by atoms with Crippen LogP contribution in [0.1, 0.15) is 18.9 Å². The van der Waals surface area contributed by atoms with Gasteiger partial charge < -0.3 is 9.64 Å². The maximum atomic E-state index is 14.3. The summed E-state index contributed by atoms with van der Waals surface area (Å²) < 4.78 is 33.7. The largest absolute Gasteiger partial charge is 0.481 e. The Morgan fingerprint density at radius 2 is 2.05 bits per heavy atom. The number of benzene rings is 1. The molecule has 0 saturated heterocycles. The number of halogens is 3. The van der Waals surface area contributed by atoms with E-state index in [1.54, 1.807) is 13.0 Å². The standard InChI is InChI=1S/C16H14BrF2NO2/c1-3-4-7-22-10-8-12(18)15(13(19)9-10)14-6-5-11(17)16(21)20(14)2/h6,8-9,11H,5,7H2,1-2H3. The van der Waals surface area contributed by atoms with Crippen LogP contribution in [0.3, 0.4) is 0 Å². The van der Waals surface area contributed by atoms with Crippen LogP contribution in [-0.2, 0) is 4.79 Å². The van der Waals surface area contributed by atoms with Crippen LogP contribution in [-0.4, -0.2) is 29.3 Å². The van der Waals surface area contributed by atoms with Crippen molar-refractivity contribution in [3.05, 3.63) is 35.4 Å². The van der Waals surface area contributed by atoms with Gasteiger partial charge in [-0.25, -0.2) is 8.78 Å². The monoisotopic (exact) mass is 369 g/mol. The second-order valence-electron chi connectivity index (χ2n) is 4.67. The Hall–Kier alpha value is -1.87. The summed E-state index contributed by atoms with van der Waals surface area (Å²) in [5.74, 6) is 3.53. The molecular weight excluding hydrogens is 356 g/mol. The quantitative estimate of drug-likeness (QED) is 0.604. The summed E-state index contributed by atoms with van der Waals surface area (Å²) >= 11 is 3.22. The lowest BCUT2D eigenvalue weighted by molar-refractivity contribution is -0.126. The zero-order valence-electron chi connectivity index (χ0n) is 12.1. The van der Waals surface area contributed by atoms with Crippen molar-refractivity contribution in [3.63, 3.8) is 0 Å². The molecule has 1 aromatic rings. The van der Waals surface area contributed by atoms with E-state index in [0.29, 0.717) is 6.42 Å². The van der Waals surface area contributed by atoms with Gasteiger partial charge in [-0.1, -0.05) is 27.9 Å². The molecule has 1 aliphatic rings. The number of nitrogens with zero attached hydrogens (tertiary/aromatic N) is 1. The molecule has 6 heteroatoms. The van der Waals surface area contributed by atoms with Crippen LogP contribution in [0.5, 0.6) is 5.75 Å². The van der Waals surface area contributed by atoms with E-state index in [0.717, 1.165) is 12.1 Å². The highest BCUT2D eigenvalue weighted by atomic mass is 79.9. The molecule has 1 heterocycles. The first-order chi connectivity index (χ1) is 10.5. The SMILES string of the molecule is CC#CCOc1cc(F)c(C2=CCC(Br)C(=O)N2C)c(F)c1. The van der Waals surface area contributed by atoms with Crippen molar-refractivity contribution < 1.29 is 18.3 Å². The fourth-order valence-electron chi connectivity index (χ4n) is 2.12. The third-order valence-electron chi connectivity index (χ3n) is 3.24. The lowest BCUT2D eigenvalue weighted by Gasteiger charge is -2.28. The van der Waals surface area contributed by atoms with E-state index in [1.165, 1.54) is 11.9 Å². The minimum Gasteiger partial charge on any atom is -0.481 e. The molecule has 1 atom stereocenters. The van der Waals surface area contributed by atoms with Crippen molar-refractivity contribution in [1.82, 2.24) is 4.90 Å². The van der Waals surface area contributed by atoms with Gasteiger partial charge in [0.1, 0.15) is 24.0 Å². The molecule has 1 aromatic carbocycles. The molecule has 116 valence electrons. The van der Waals surface area contributed by atoms with Crippen LogP contribution in [0.2, 0.25) is 0 Å². The highest BCUT2D eigenvalue weighted by molar-refractivity contribution is 9.10. The summed E-state index contributed by atoms with van der Waals surface area (Å²) in [6, 6.07) is 2.18. The minimum atomic E-state index is -0.779. The van der Waals surface area contributed by atoms with Gasteiger partial charge in [0, 0.05) is 19.2 Å². The third-order valence-corrected chi connectivity index (χ3v) is 4.00. The van der Waals surface area contributed by atoms with E-state index in [2.05, 4.69) is 27.8 Å². The van der Waals surface area contributed by atoms with Gasteiger partial charge >= 0.3 is 0 Å². The lowest BCUT2D eigenvalue weighted by atomic mass is 10.0. The summed E-state index contributed by atoms with van der Waals surface area (Å²) in [4.78, 5) is 12.8. The van der Waals surface area contributed by atoms with E-state index in [1.807, 2.05) is 0 Å². The van der Waals surface area contributed by atoms with Crippen molar-refractivity contribution >= 4 is 27.5 Å². The van der Waals surface area contributed by atoms with Crippen molar-refractivity contribution in [3.8, 4) is 17.6 Å². The molecule has 0 bridgehead atoms. The first-order valence-corrected chi connectivity index (χ1v) is 7.51. The molecule has 0 saturated carbocycles. The first kappa shape index (κ1) is 16.5. The number of amides is 1. The van der Waals surface area contributed by atoms with Crippen LogP contribution in [0, 0.1) is 23.5 Å². The Morgan fingerprint density at radius 1 is 1.41 bits per heavy atom. The topological polar surface area (TPSA) is 29.5 Å². The molecular formula is C16H14BrF2NO2. The molecule has 0 spiro atoms. The molecule has 2 rings (SSSR count). The smallest absolute Gasteiger partial charge is 0.240 e. The number of allylic oxidation sites excluding steroid dienone is 1. The maximum absolute atomic E-state index is 14.3. The van der Waals surface area contributed by atoms with Crippen LogP contribution in [0.15, 0.2) is 18.2 Å². The Kier molecular flexibility index (Phi) is 5.19. The van der Waals surface area contributed by atoms with Gasteiger partial charge in [0.05, 0.1) is 16.1 Å². The first-order valence-electron chi connectivity index (χ1n) is 6.59. The van der Waals surface area contributed by atoms with Crippen molar-refractivity contribution in [2.24, 2.45) is 0 Å². The second kappa shape index (κ2) is 6.93. The zero-order chi connectivity index (χ0) is 16.3. The molecule has 3 nitrogen and oxygen atoms in total. The molecule has 1 aliphatic heterocycles. The molecule has 0 aromatic heterocycles. The second-order valence-corrected chi connectivity index (χ2v) is 5.77. The molecule has 0 radical (unpaired) electrons. The number of rotatable bonds is 3. The maximum Gasteiger partial charge on any atom is 0.240 e. The number of alkyl halides is 1. The lowest BCUT2D eigenvalue weighted by Crippen LogP contribution is -2.35. The molecule has 1 amide bonds. The Morgan fingerprint density at radius 3 is 2.64 bits per heavy atom. The molecule has 0 N–H and O–H groups in total.